The number of fused-ring (bicyclic) bond motifs is 1. The molecule has 0 bridgehead atoms. The maximum atomic E-state index is 14.9. The fourth-order valence-corrected chi connectivity index (χ4v) is 12.2. The fraction of sp³-hybridized carbons (Fsp3) is 0.224. The maximum Gasteiger partial charge on any atom is 0.356 e. The SMILES string of the molecule is CC(C)(C)OC(=O)C(C)(C)ON=C(C(=O)N[C@@H]1C(=O)N2C(C(=O)OC(c3ccccc3)c3ccccc3)=C(CSc3ccncc3)C[S@](=O)[C@H]12)c1csc(NC(c2ccccc2)(c2ccccc2)c2ccccc2)n1. The van der Waals surface area contributed by atoms with Crippen molar-refractivity contribution in [2.45, 2.75) is 73.8 Å². The van der Waals surface area contributed by atoms with Gasteiger partial charge in [-0.15, -0.1) is 23.1 Å². The number of β-lactam (4-membered cyclic amide) rings is 1. The predicted molar refractivity (Wildman–Crippen MR) is 291 cm³/mol. The van der Waals surface area contributed by atoms with Crippen molar-refractivity contribution in [1.29, 1.82) is 0 Å². The summed E-state index contributed by atoms with van der Waals surface area (Å²) < 4.78 is 26.4. The lowest BCUT2D eigenvalue weighted by Crippen LogP contribution is -2.74. The van der Waals surface area contributed by atoms with Gasteiger partial charge in [0.05, 0.1) is 16.6 Å². The van der Waals surface area contributed by atoms with E-state index in [0.29, 0.717) is 21.8 Å². The minimum Gasteiger partial charge on any atom is -0.457 e. The largest absolute Gasteiger partial charge is 0.457 e. The molecule has 2 N–H and O–H groups in total. The van der Waals surface area contributed by atoms with E-state index in [-0.39, 0.29) is 28.6 Å². The molecular formula is C58H54N6O8S3. The highest BCUT2D eigenvalue weighted by Gasteiger charge is 2.58. The molecule has 0 radical (unpaired) electrons. The number of rotatable bonds is 18. The Kier molecular flexibility index (Phi) is 15.6. The summed E-state index contributed by atoms with van der Waals surface area (Å²) in [5, 5.41) is 11.6. The maximum absolute atomic E-state index is 14.9. The molecular weight excluding hydrogens is 1000 g/mol. The number of hydrogen-bond donors (Lipinski definition) is 2. The molecule has 1 fully saturated rings. The van der Waals surface area contributed by atoms with Crippen molar-refractivity contribution >= 4 is 68.5 Å². The van der Waals surface area contributed by atoms with Crippen molar-refractivity contribution in [3.63, 3.8) is 0 Å². The number of amides is 2. The van der Waals surface area contributed by atoms with Gasteiger partial charge in [-0.25, -0.2) is 14.6 Å². The van der Waals surface area contributed by atoms with E-state index in [0.717, 1.165) is 21.6 Å². The summed E-state index contributed by atoms with van der Waals surface area (Å²) in [7, 11) is -1.82. The topological polar surface area (TPSA) is 178 Å². The molecule has 0 unspecified atom stereocenters. The third-order valence-electron chi connectivity index (χ3n) is 12.3. The van der Waals surface area contributed by atoms with E-state index in [1.165, 1.54) is 41.8 Å². The van der Waals surface area contributed by atoms with Crippen LogP contribution in [0.1, 0.15) is 74.2 Å². The Hall–Kier alpha value is -7.73. The first-order valence-electron chi connectivity index (χ1n) is 24.1. The smallest absolute Gasteiger partial charge is 0.356 e. The molecule has 1 saturated heterocycles. The number of pyridine rings is 1. The van der Waals surface area contributed by atoms with Crippen LogP contribution in [-0.4, -0.2) is 82.7 Å². The third-order valence-corrected chi connectivity index (χ3v) is 15.8. The molecule has 2 aliphatic rings. The van der Waals surface area contributed by atoms with Crippen LogP contribution < -0.4 is 10.6 Å². The van der Waals surface area contributed by atoms with E-state index in [2.05, 4.69) is 20.8 Å². The first-order valence-corrected chi connectivity index (χ1v) is 27.3. The molecule has 0 saturated carbocycles. The average Bonchev–Trinajstić information content (AvgIpc) is 3.89. The second kappa shape index (κ2) is 22.4. The number of benzene rings is 5. The summed E-state index contributed by atoms with van der Waals surface area (Å²) in [5.41, 5.74) is 0.654. The number of ether oxygens (including phenoxy) is 2. The number of nitrogens with zero attached hydrogens (tertiary/aromatic N) is 4. The van der Waals surface area contributed by atoms with Crippen molar-refractivity contribution in [2.75, 3.05) is 16.8 Å². The predicted octanol–water partition coefficient (Wildman–Crippen LogP) is 9.58. The minimum absolute atomic E-state index is 0.0428. The van der Waals surface area contributed by atoms with E-state index in [4.69, 9.17) is 19.3 Å². The quantitative estimate of drug-likeness (QED) is 0.0208. The third kappa shape index (κ3) is 11.5. The Morgan fingerprint density at radius 2 is 1.29 bits per heavy atom. The first kappa shape index (κ1) is 52.1. The number of carbonyl (C=O) groups excluding carboxylic acids is 4. The van der Waals surface area contributed by atoms with Gasteiger partial charge in [-0.05, 0) is 80.1 Å². The number of carbonyl (C=O) groups is 4. The minimum atomic E-state index is -1.82. The average molecular weight is 1060 g/mol. The molecule has 14 nitrogen and oxygen atoms in total. The Labute approximate surface area is 446 Å². The zero-order valence-electron chi connectivity index (χ0n) is 41.7. The monoisotopic (exact) mass is 1060 g/mol. The van der Waals surface area contributed by atoms with Crippen LogP contribution in [0.4, 0.5) is 5.13 Å². The van der Waals surface area contributed by atoms with Gasteiger partial charge in [0, 0.05) is 28.4 Å². The molecule has 4 heterocycles. The molecule has 2 aliphatic heterocycles. The lowest BCUT2D eigenvalue weighted by molar-refractivity contribution is -0.179. The van der Waals surface area contributed by atoms with Gasteiger partial charge >= 0.3 is 11.9 Å². The summed E-state index contributed by atoms with van der Waals surface area (Å²) in [6, 6.07) is 50.5. The molecule has 382 valence electrons. The van der Waals surface area contributed by atoms with Gasteiger partial charge in [0.15, 0.2) is 16.9 Å². The number of aromatic nitrogens is 2. The highest BCUT2D eigenvalue weighted by Crippen LogP contribution is 2.42. The summed E-state index contributed by atoms with van der Waals surface area (Å²) in [4.78, 5) is 74.7. The molecule has 17 heteroatoms. The second-order valence-electron chi connectivity index (χ2n) is 19.2. The zero-order chi connectivity index (χ0) is 52.7. The van der Waals surface area contributed by atoms with E-state index >= 15 is 0 Å². The van der Waals surface area contributed by atoms with Gasteiger partial charge in [-0.2, -0.15) is 0 Å². The highest BCUT2D eigenvalue weighted by molar-refractivity contribution is 7.99. The van der Waals surface area contributed by atoms with Crippen LogP contribution in [0.2, 0.25) is 0 Å². The fourth-order valence-electron chi connectivity index (χ4n) is 8.70. The van der Waals surface area contributed by atoms with E-state index in [1.54, 1.807) is 38.5 Å². The number of hydrogen-bond acceptors (Lipinski definition) is 14. The lowest BCUT2D eigenvalue weighted by Gasteiger charge is -2.49. The number of thiazole rings is 1. The highest BCUT2D eigenvalue weighted by atomic mass is 32.2. The van der Waals surface area contributed by atoms with Crippen LogP contribution in [0, 0.1) is 0 Å². The van der Waals surface area contributed by atoms with Crippen molar-refractivity contribution in [3.8, 4) is 0 Å². The lowest BCUT2D eigenvalue weighted by atomic mass is 9.77. The molecule has 5 aromatic carbocycles. The molecule has 2 aromatic heterocycles. The molecule has 9 rings (SSSR count). The van der Waals surface area contributed by atoms with Crippen molar-refractivity contribution in [3.05, 3.63) is 226 Å². The van der Waals surface area contributed by atoms with E-state index in [1.807, 2.05) is 164 Å². The summed E-state index contributed by atoms with van der Waals surface area (Å²) >= 11 is 2.60. The Bertz CT molecular complexity index is 3110. The van der Waals surface area contributed by atoms with Gasteiger partial charge in [-0.1, -0.05) is 157 Å². The summed E-state index contributed by atoms with van der Waals surface area (Å²) in [5.74, 6) is -3.03. The summed E-state index contributed by atoms with van der Waals surface area (Å²) in [6.07, 6.45) is 2.45. The molecule has 7 aromatic rings. The number of esters is 2. The number of thioether (sulfide) groups is 1. The van der Waals surface area contributed by atoms with Crippen molar-refractivity contribution in [2.24, 2.45) is 5.16 Å². The van der Waals surface area contributed by atoms with Gasteiger partial charge < -0.3 is 24.9 Å². The summed E-state index contributed by atoms with van der Waals surface area (Å²) in [6.45, 7) is 8.07. The van der Waals surface area contributed by atoms with Crippen LogP contribution in [0.25, 0.3) is 0 Å². The van der Waals surface area contributed by atoms with Gasteiger partial charge in [-0.3, -0.25) is 23.7 Å². The first-order chi connectivity index (χ1) is 36.1. The number of oxime groups is 1. The molecule has 0 aliphatic carbocycles. The van der Waals surface area contributed by atoms with Crippen molar-refractivity contribution < 1.29 is 37.7 Å². The normalized spacial score (nSPS) is 16.9. The van der Waals surface area contributed by atoms with E-state index < -0.39 is 68.8 Å². The number of nitrogens with one attached hydrogen (secondary N) is 2. The van der Waals surface area contributed by atoms with Crippen LogP contribution in [0.3, 0.4) is 0 Å². The Morgan fingerprint density at radius 1 is 0.773 bits per heavy atom. The van der Waals surface area contributed by atoms with Gasteiger partial charge in [0.1, 0.15) is 33.9 Å². The van der Waals surface area contributed by atoms with Crippen LogP contribution in [0.15, 0.2) is 203 Å². The molecule has 3 atom stereocenters. The standard InChI is InChI=1S/C58H54N6O8S3/c1-56(2,3)71-54(68)57(4,5)72-63-46(45-36-74-55(60-45)62-58(41-25-15-8-16-26-41,42-27-17-9-18-28-42)43-29-19-10-20-30-43)50(65)61-47-51(66)64-48(40(37-75(69)52(47)64)35-73-44-31-33-59-34-32-44)53(67)70-49(38-21-11-6-12-22-38)39-23-13-7-14-24-39/h6-34,36,47,49,52H,35,37H2,1-5H3,(H,60,62)(H,61,65)/t47-,52-,75+/m1/s1. The zero-order valence-corrected chi connectivity index (χ0v) is 44.2. The van der Waals surface area contributed by atoms with Crippen LogP contribution in [-0.2, 0) is 49.8 Å². The van der Waals surface area contributed by atoms with Crippen LogP contribution in [0.5, 0.6) is 0 Å². The van der Waals surface area contributed by atoms with Crippen LogP contribution >= 0.6 is 23.1 Å². The van der Waals surface area contributed by atoms with E-state index in [9.17, 15) is 23.4 Å². The van der Waals surface area contributed by atoms with Gasteiger partial charge in [0.25, 0.3) is 11.8 Å². The van der Waals surface area contributed by atoms with Gasteiger partial charge in [0.2, 0.25) is 5.60 Å². The Morgan fingerprint density at radius 3 is 1.81 bits per heavy atom. The second-order valence-corrected chi connectivity index (χ2v) is 22.6. The molecule has 0 spiro atoms. The molecule has 75 heavy (non-hydrogen) atoms. The molecule has 2 amide bonds. The number of anilines is 1. The Balaban J connectivity index is 1.06. The van der Waals surface area contributed by atoms with Crippen molar-refractivity contribution in [1.82, 2.24) is 20.2 Å².